The van der Waals surface area contributed by atoms with Crippen LogP contribution in [0.1, 0.15) is 57.9 Å². The molecule has 3 aliphatic rings. The van der Waals surface area contributed by atoms with Crippen LogP contribution in [0, 0.1) is 5.92 Å². The number of anilines is 2. The summed E-state index contributed by atoms with van der Waals surface area (Å²) in [6, 6.07) is 14.3. The lowest BCUT2D eigenvalue weighted by atomic mass is 9.92. The van der Waals surface area contributed by atoms with Crippen molar-refractivity contribution in [3.63, 3.8) is 0 Å². The third kappa shape index (κ3) is 5.10. The van der Waals surface area contributed by atoms with E-state index in [9.17, 15) is 9.59 Å². The minimum atomic E-state index is -0.423. The molecule has 1 heterocycles. The van der Waals surface area contributed by atoms with Crippen molar-refractivity contribution in [1.82, 2.24) is 9.88 Å². The Bertz CT molecular complexity index is 1320. The van der Waals surface area contributed by atoms with Crippen LogP contribution in [0.15, 0.2) is 42.5 Å². The minimum absolute atomic E-state index is 0.00478. The first-order valence-corrected chi connectivity index (χ1v) is 13.4. The van der Waals surface area contributed by atoms with Crippen molar-refractivity contribution in [1.29, 1.82) is 0 Å². The van der Waals surface area contributed by atoms with Gasteiger partial charge in [-0.3, -0.25) is 10.1 Å². The van der Waals surface area contributed by atoms with E-state index in [1.165, 1.54) is 6.42 Å². The smallest absolute Gasteiger partial charge is 0.411 e. The van der Waals surface area contributed by atoms with Gasteiger partial charge in [-0.1, -0.05) is 12.1 Å². The molecule has 1 atom stereocenters. The number of hydrogen-bond donors (Lipinski definition) is 3. The summed E-state index contributed by atoms with van der Waals surface area (Å²) >= 11 is 0. The van der Waals surface area contributed by atoms with Gasteiger partial charge >= 0.3 is 6.09 Å². The number of ether oxygens (including phenoxy) is 2. The highest BCUT2D eigenvalue weighted by molar-refractivity contribution is 6.02. The zero-order chi connectivity index (χ0) is 25.5. The van der Waals surface area contributed by atoms with E-state index in [1.807, 2.05) is 49.4 Å². The molecule has 8 nitrogen and oxygen atoms in total. The third-order valence-electron chi connectivity index (χ3n) is 7.75. The van der Waals surface area contributed by atoms with E-state index in [0.717, 1.165) is 66.4 Å². The molecule has 3 saturated carbocycles. The van der Waals surface area contributed by atoms with Crippen LogP contribution in [-0.4, -0.2) is 35.3 Å². The molecule has 8 heteroatoms. The Morgan fingerprint density at radius 2 is 1.81 bits per heavy atom. The van der Waals surface area contributed by atoms with E-state index in [4.69, 9.17) is 15.2 Å². The van der Waals surface area contributed by atoms with Crippen LogP contribution in [-0.2, 0) is 9.53 Å². The van der Waals surface area contributed by atoms with Crippen molar-refractivity contribution in [3.05, 3.63) is 42.5 Å². The Hall–Kier alpha value is -3.68. The molecular weight excluding hydrogens is 468 g/mol. The first kappa shape index (κ1) is 23.7. The van der Waals surface area contributed by atoms with E-state index in [-0.39, 0.29) is 18.6 Å². The van der Waals surface area contributed by atoms with Crippen molar-refractivity contribution in [2.45, 2.75) is 70.1 Å². The maximum Gasteiger partial charge on any atom is 0.411 e. The molecule has 0 spiro atoms. The average Bonchev–Trinajstić information content (AvgIpc) is 3.77. The number of nitrogens with zero attached hydrogens (tertiary/aromatic N) is 1. The molecule has 1 unspecified atom stereocenters. The Labute approximate surface area is 216 Å². The van der Waals surface area contributed by atoms with Crippen LogP contribution in [0.25, 0.3) is 22.2 Å². The van der Waals surface area contributed by atoms with E-state index >= 15 is 0 Å². The normalized spacial score (nSPS) is 18.2. The van der Waals surface area contributed by atoms with Gasteiger partial charge in [0, 0.05) is 34.8 Å². The van der Waals surface area contributed by atoms with Gasteiger partial charge in [0.25, 0.3) is 5.91 Å². The van der Waals surface area contributed by atoms with Crippen LogP contribution in [0.2, 0.25) is 0 Å². The summed E-state index contributed by atoms with van der Waals surface area (Å²) < 4.78 is 13.6. The fourth-order valence-corrected chi connectivity index (χ4v) is 5.06. The first-order valence-electron chi connectivity index (χ1n) is 13.4. The van der Waals surface area contributed by atoms with Gasteiger partial charge in [-0.15, -0.1) is 0 Å². The molecule has 6 rings (SSSR count). The number of benzene rings is 2. The van der Waals surface area contributed by atoms with E-state index in [0.29, 0.717) is 29.4 Å². The summed E-state index contributed by atoms with van der Waals surface area (Å²) in [5.41, 5.74) is 11.1. The Balaban J connectivity index is 1.24. The van der Waals surface area contributed by atoms with Crippen molar-refractivity contribution >= 4 is 34.3 Å². The summed E-state index contributed by atoms with van der Waals surface area (Å²) in [6.07, 6.45) is 7.25. The van der Waals surface area contributed by atoms with Gasteiger partial charge in [0.2, 0.25) is 0 Å². The third-order valence-corrected chi connectivity index (χ3v) is 7.75. The standard InChI is InChI=1S/C29H34N4O4/c1-17(18-5-6-18)37-29(35)32-21-9-7-19(8-10-21)28-27(30)24-14-13-23(36-16-26(34)31-20-11-12-20)15-25(24)33(28)22-3-2-4-22/h7-10,13-15,17-18,20,22H,2-6,11-12,16,30H2,1H3,(H,31,34)(H,32,35). The molecule has 1 aromatic heterocycles. The summed E-state index contributed by atoms with van der Waals surface area (Å²) in [6.45, 7) is 1.95. The number of amides is 2. The molecule has 0 aliphatic heterocycles. The SMILES string of the molecule is CC(OC(=O)Nc1ccc(-c2c(N)c3ccc(OCC(=O)NC4CC4)cc3n2C2CCC2)cc1)C1CC1. The van der Waals surface area contributed by atoms with Gasteiger partial charge < -0.3 is 25.1 Å². The number of nitrogen functional groups attached to an aromatic ring is 1. The Morgan fingerprint density at radius 3 is 2.46 bits per heavy atom. The van der Waals surface area contributed by atoms with Crippen molar-refractivity contribution in [2.75, 3.05) is 17.7 Å². The van der Waals surface area contributed by atoms with Crippen molar-refractivity contribution in [3.8, 4) is 17.0 Å². The lowest BCUT2D eigenvalue weighted by Crippen LogP contribution is -2.30. The zero-order valence-electron chi connectivity index (χ0n) is 21.2. The zero-order valence-corrected chi connectivity index (χ0v) is 21.2. The summed E-state index contributed by atoms with van der Waals surface area (Å²) in [5, 5.41) is 6.76. The maximum absolute atomic E-state index is 12.3. The van der Waals surface area contributed by atoms with Gasteiger partial charge in [-0.2, -0.15) is 0 Å². The van der Waals surface area contributed by atoms with Crippen molar-refractivity contribution in [2.24, 2.45) is 5.92 Å². The van der Waals surface area contributed by atoms with Gasteiger partial charge in [0.15, 0.2) is 6.61 Å². The van der Waals surface area contributed by atoms with Crippen LogP contribution in [0.5, 0.6) is 5.75 Å². The molecule has 0 radical (unpaired) electrons. The Kier molecular flexibility index (Phi) is 6.18. The second-order valence-corrected chi connectivity index (χ2v) is 10.7. The molecule has 2 aromatic carbocycles. The predicted molar refractivity (Wildman–Crippen MR) is 144 cm³/mol. The molecule has 0 saturated heterocycles. The highest BCUT2D eigenvalue weighted by atomic mass is 16.6. The molecule has 3 aromatic rings. The molecule has 3 fully saturated rings. The van der Waals surface area contributed by atoms with Crippen molar-refractivity contribution < 1.29 is 19.1 Å². The maximum atomic E-state index is 12.3. The van der Waals surface area contributed by atoms with E-state index in [1.54, 1.807) is 0 Å². The molecule has 2 amide bonds. The first-order chi connectivity index (χ1) is 18.0. The summed E-state index contributed by atoms with van der Waals surface area (Å²) in [5.74, 6) is 1.06. The molecular formula is C29H34N4O4. The minimum Gasteiger partial charge on any atom is -0.484 e. The van der Waals surface area contributed by atoms with Crippen LogP contribution in [0.3, 0.4) is 0 Å². The highest BCUT2D eigenvalue weighted by Gasteiger charge is 2.31. The fraction of sp³-hybridized carbons (Fsp3) is 0.448. The van der Waals surface area contributed by atoms with Gasteiger partial charge in [0.1, 0.15) is 11.9 Å². The number of nitrogens with two attached hydrogens (primary N) is 1. The number of carbonyl (C=O) groups is 2. The van der Waals surface area contributed by atoms with Gasteiger partial charge in [0.05, 0.1) is 16.9 Å². The van der Waals surface area contributed by atoms with Crippen LogP contribution < -0.4 is 21.1 Å². The molecule has 4 N–H and O–H groups in total. The lowest BCUT2D eigenvalue weighted by Gasteiger charge is -2.30. The second-order valence-electron chi connectivity index (χ2n) is 10.7. The number of fused-ring (bicyclic) bond motifs is 1. The number of aromatic nitrogens is 1. The number of nitrogens with one attached hydrogen (secondary N) is 2. The topological polar surface area (TPSA) is 108 Å². The quantitative estimate of drug-likeness (QED) is 0.352. The summed E-state index contributed by atoms with van der Waals surface area (Å²) in [7, 11) is 0. The van der Waals surface area contributed by atoms with Gasteiger partial charge in [-0.25, -0.2) is 4.79 Å². The summed E-state index contributed by atoms with van der Waals surface area (Å²) in [4.78, 5) is 24.3. The molecule has 37 heavy (non-hydrogen) atoms. The monoisotopic (exact) mass is 502 g/mol. The molecule has 3 aliphatic carbocycles. The number of rotatable bonds is 9. The number of carbonyl (C=O) groups excluding carboxylic acids is 2. The van der Waals surface area contributed by atoms with E-state index in [2.05, 4.69) is 15.2 Å². The highest BCUT2D eigenvalue weighted by Crippen LogP contribution is 2.45. The van der Waals surface area contributed by atoms with Crippen LogP contribution in [0.4, 0.5) is 16.2 Å². The Morgan fingerprint density at radius 1 is 1.05 bits per heavy atom. The average molecular weight is 503 g/mol. The van der Waals surface area contributed by atoms with Crippen LogP contribution >= 0.6 is 0 Å². The van der Waals surface area contributed by atoms with E-state index < -0.39 is 6.09 Å². The molecule has 0 bridgehead atoms. The molecule has 194 valence electrons. The number of hydrogen-bond acceptors (Lipinski definition) is 5. The van der Waals surface area contributed by atoms with Gasteiger partial charge in [-0.05, 0) is 82.1 Å². The predicted octanol–water partition coefficient (Wildman–Crippen LogP) is 5.62. The second kappa shape index (κ2) is 9.65. The largest absolute Gasteiger partial charge is 0.484 e. The fourth-order valence-electron chi connectivity index (χ4n) is 5.06. The lowest BCUT2D eigenvalue weighted by molar-refractivity contribution is -0.123.